The molecule has 20 heavy (non-hydrogen) atoms. The first-order valence-corrected chi connectivity index (χ1v) is 6.10. The van der Waals surface area contributed by atoms with Gasteiger partial charge in [-0.05, 0) is 36.8 Å². The summed E-state index contributed by atoms with van der Waals surface area (Å²) in [7, 11) is 0. The van der Waals surface area contributed by atoms with E-state index in [0.717, 1.165) is 5.56 Å². The number of primary amides is 1. The summed E-state index contributed by atoms with van der Waals surface area (Å²) in [5, 5.41) is 5.24. The van der Waals surface area contributed by atoms with Crippen molar-refractivity contribution in [3.05, 3.63) is 59.7 Å². The van der Waals surface area contributed by atoms with E-state index in [-0.39, 0.29) is 5.91 Å². The van der Waals surface area contributed by atoms with Gasteiger partial charge in [0.05, 0.1) is 0 Å². The van der Waals surface area contributed by atoms with Gasteiger partial charge < -0.3 is 16.4 Å². The minimum Gasteiger partial charge on any atom is -0.351 e. The smallest absolute Gasteiger partial charge is 0.316 e. The number of amides is 3. The van der Waals surface area contributed by atoms with Gasteiger partial charge in [0.1, 0.15) is 0 Å². The van der Waals surface area contributed by atoms with E-state index in [1.165, 1.54) is 0 Å². The van der Waals surface area contributed by atoms with E-state index in [4.69, 9.17) is 5.73 Å². The Kier molecular flexibility index (Phi) is 4.00. The molecule has 0 aliphatic carbocycles. The molecule has 0 saturated carbocycles. The Balaban J connectivity index is 2.16. The van der Waals surface area contributed by atoms with Gasteiger partial charge in [-0.1, -0.05) is 24.3 Å². The third-order valence-corrected chi connectivity index (χ3v) is 2.78. The maximum atomic E-state index is 12.1. The number of nitrogens with one attached hydrogen (secondary N) is 2. The number of hydrogen-bond acceptors (Lipinski definition) is 2. The van der Waals surface area contributed by atoms with Crippen molar-refractivity contribution in [2.75, 3.05) is 10.6 Å². The van der Waals surface area contributed by atoms with Crippen LogP contribution in [0.15, 0.2) is 48.5 Å². The lowest BCUT2D eigenvalue weighted by Crippen LogP contribution is -2.19. The summed E-state index contributed by atoms with van der Waals surface area (Å²) in [6.45, 7) is 1.87. The average molecular weight is 269 g/mol. The van der Waals surface area contributed by atoms with E-state index in [9.17, 15) is 9.59 Å². The molecule has 0 atom stereocenters. The molecule has 0 aromatic heterocycles. The molecule has 0 unspecified atom stereocenters. The van der Waals surface area contributed by atoms with E-state index in [1.54, 1.807) is 30.3 Å². The fourth-order valence-corrected chi connectivity index (χ4v) is 1.84. The predicted molar refractivity (Wildman–Crippen MR) is 78.8 cm³/mol. The predicted octanol–water partition coefficient (Wildman–Crippen LogP) is 2.74. The number of urea groups is 1. The van der Waals surface area contributed by atoms with Crippen LogP contribution in [-0.4, -0.2) is 11.9 Å². The van der Waals surface area contributed by atoms with Crippen molar-refractivity contribution < 1.29 is 9.59 Å². The van der Waals surface area contributed by atoms with Gasteiger partial charge in [-0.15, -0.1) is 0 Å². The zero-order chi connectivity index (χ0) is 14.5. The lowest BCUT2D eigenvalue weighted by atomic mass is 10.1. The van der Waals surface area contributed by atoms with Crippen molar-refractivity contribution in [1.29, 1.82) is 0 Å². The summed E-state index contributed by atoms with van der Waals surface area (Å²) in [6.07, 6.45) is 0. The molecule has 2 aromatic carbocycles. The van der Waals surface area contributed by atoms with E-state index in [2.05, 4.69) is 10.6 Å². The third-order valence-electron chi connectivity index (χ3n) is 2.78. The number of anilines is 2. The summed E-state index contributed by atoms with van der Waals surface area (Å²) >= 11 is 0. The van der Waals surface area contributed by atoms with Crippen molar-refractivity contribution in [3.8, 4) is 0 Å². The molecule has 3 amide bonds. The second-order valence-corrected chi connectivity index (χ2v) is 4.34. The van der Waals surface area contributed by atoms with Gasteiger partial charge in [0.2, 0.25) is 0 Å². The highest BCUT2D eigenvalue weighted by Crippen LogP contribution is 2.16. The van der Waals surface area contributed by atoms with Crippen LogP contribution >= 0.6 is 0 Å². The summed E-state index contributed by atoms with van der Waals surface area (Å²) in [4.78, 5) is 22.9. The molecular formula is C15H15N3O2. The van der Waals surface area contributed by atoms with Gasteiger partial charge in [-0.25, -0.2) is 4.79 Å². The van der Waals surface area contributed by atoms with E-state index >= 15 is 0 Å². The Morgan fingerprint density at radius 2 is 1.60 bits per heavy atom. The second-order valence-electron chi connectivity index (χ2n) is 4.34. The largest absolute Gasteiger partial charge is 0.351 e. The minimum atomic E-state index is -0.646. The Morgan fingerprint density at radius 1 is 0.950 bits per heavy atom. The molecule has 102 valence electrons. The standard InChI is InChI=1S/C15H15N3O2/c1-10-5-2-3-8-13(10)14(19)17-11-6-4-7-12(9-11)18-15(16)20/h2-9H,1H3,(H,17,19)(H3,16,18,20). The van der Waals surface area contributed by atoms with E-state index in [0.29, 0.717) is 16.9 Å². The molecule has 0 aliphatic rings. The fraction of sp³-hybridized carbons (Fsp3) is 0.0667. The number of carbonyl (C=O) groups is 2. The molecule has 0 radical (unpaired) electrons. The van der Waals surface area contributed by atoms with Crippen LogP contribution in [0.3, 0.4) is 0 Å². The molecule has 0 fully saturated rings. The van der Waals surface area contributed by atoms with Crippen LogP contribution < -0.4 is 16.4 Å². The highest BCUT2D eigenvalue weighted by Gasteiger charge is 2.08. The Morgan fingerprint density at radius 3 is 2.25 bits per heavy atom. The van der Waals surface area contributed by atoms with Gasteiger partial charge in [0.15, 0.2) is 0 Å². The molecule has 0 spiro atoms. The number of aryl methyl sites for hydroxylation is 1. The van der Waals surface area contributed by atoms with Gasteiger partial charge in [-0.2, -0.15) is 0 Å². The number of benzene rings is 2. The third kappa shape index (κ3) is 3.35. The zero-order valence-electron chi connectivity index (χ0n) is 11.0. The Labute approximate surface area is 116 Å². The van der Waals surface area contributed by atoms with Crippen LogP contribution in [0.5, 0.6) is 0 Å². The van der Waals surface area contributed by atoms with Crippen LogP contribution in [0.2, 0.25) is 0 Å². The highest BCUT2D eigenvalue weighted by atomic mass is 16.2. The van der Waals surface area contributed by atoms with E-state index in [1.807, 2.05) is 25.1 Å². The first kappa shape index (κ1) is 13.6. The van der Waals surface area contributed by atoms with Gasteiger partial charge >= 0.3 is 6.03 Å². The molecule has 0 bridgehead atoms. The molecule has 5 nitrogen and oxygen atoms in total. The molecule has 0 saturated heterocycles. The molecule has 5 heteroatoms. The van der Waals surface area contributed by atoms with Gasteiger partial charge in [0, 0.05) is 16.9 Å². The molecular weight excluding hydrogens is 254 g/mol. The minimum absolute atomic E-state index is 0.195. The summed E-state index contributed by atoms with van der Waals surface area (Å²) < 4.78 is 0. The first-order chi connectivity index (χ1) is 9.56. The Hall–Kier alpha value is -2.82. The number of nitrogens with two attached hydrogens (primary N) is 1. The average Bonchev–Trinajstić information content (AvgIpc) is 2.38. The van der Waals surface area contributed by atoms with Gasteiger partial charge in [0.25, 0.3) is 5.91 Å². The first-order valence-electron chi connectivity index (χ1n) is 6.10. The van der Waals surface area contributed by atoms with Crippen molar-refractivity contribution >= 4 is 23.3 Å². The molecule has 0 heterocycles. The SMILES string of the molecule is Cc1ccccc1C(=O)Nc1cccc(NC(N)=O)c1. The Bertz CT molecular complexity index is 653. The molecule has 4 N–H and O–H groups in total. The van der Waals surface area contributed by atoms with E-state index < -0.39 is 6.03 Å². The number of hydrogen-bond donors (Lipinski definition) is 3. The number of carbonyl (C=O) groups excluding carboxylic acids is 2. The van der Waals surface area contributed by atoms with Crippen molar-refractivity contribution in [2.45, 2.75) is 6.92 Å². The fourth-order valence-electron chi connectivity index (χ4n) is 1.84. The topological polar surface area (TPSA) is 84.2 Å². The normalized spacial score (nSPS) is 9.85. The van der Waals surface area contributed by atoms with Gasteiger partial charge in [-0.3, -0.25) is 4.79 Å². The number of rotatable bonds is 3. The highest BCUT2D eigenvalue weighted by molar-refractivity contribution is 6.05. The van der Waals surface area contributed by atoms with Crippen molar-refractivity contribution in [3.63, 3.8) is 0 Å². The van der Waals surface area contributed by atoms with Crippen LogP contribution in [0, 0.1) is 6.92 Å². The monoisotopic (exact) mass is 269 g/mol. The quantitative estimate of drug-likeness (QED) is 0.800. The second kappa shape index (κ2) is 5.88. The lowest BCUT2D eigenvalue weighted by Gasteiger charge is -2.09. The summed E-state index contributed by atoms with van der Waals surface area (Å²) in [5.41, 5.74) is 7.68. The van der Waals surface area contributed by atoms with Crippen molar-refractivity contribution in [1.82, 2.24) is 0 Å². The van der Waals surface area contributed by atoms with Crippen LogP contribution in [0.25, 0.3) is 0 Å². The lowest BCUT2D eigenvalue weighted by molar-refractivity contribution is 0.102. The van der Waals surface area contributed by atoms with Crippen molar-refractivity contribution in [2.24, 2.45) is 5.73 Å². The molecule has 0 aliphatic heterocycles. The van der Waals surface area contributed by atoms with Crippen LogP contribution in [0.4, 0.5) is 16.2 Å². The summed E-state index contributed by atoms with van der Waals surface area (Å²) in [6, 6.07) is 13.5. The van der Waals surface area contributed by atoms with Crippen LogP contribution in [0.1, 0.15) is 15.9 Å². The molecule has 2 aromatic rings. The summed E-state index contributed by atoms with van der Waals surface area (Å²) in [5.74, 6) is -0.195. The maximum Gasteiger partial charge on any atom is 0.316 e. The maximum absolute atomic E-state index is 12.1. The molecule has 2 rings (SSSR count). The van der Waals surface area contributed by atoms with Crippen LogP contribution in [-0.2, 0) is 0 Å². The zero-order valence-corrected chi connectivity index (χ0v) is 11.0.